The van der Waals surface area contributed by atoms with Crippen LogP contribution < -0.4 is 4.74 Å². The number of aryl methyl sites for hydroxylation is 1. The summed E-state index contributed by atoms with van der Waals surface area (Å²) in [6, 6.07) is 7.94. The molecular formula is C17H26N2O2. The lowest BCUT2D eigenvalue weighted by Crippen LogP contribution is -2.51. The highest BCUT2D eigenvalue weighted by Crippen LogP contribution is 2.20. The van der Waals surface area contributed by atoms with Gasteiger partial charge in [-0.05, 0) is 31.5 Å². The number of amides is 1. The van der Waals surface area contributed by atoms with Crippen molar-refractivity contribution < 1.29 is 9.53 Å². The van der Waals surface area contributed by atoms with E-state index in [2.05, 4.69) is 18.7 Å². The van der Waals surface area contributed by atoms with Crippen molar-refractivity contribution in [3.05, 3.63) is 29.8 Å². The van der Waals surface area contributed by atoms with Crippen molar-refractivity contribution in [2.75, 3.05) is 32.7 Å². The number of piperazine rings is 1. The Morgan fingerprint density at radius 1 is 1.19 bits per heavy atom. The van der Waals surface area contributed by atoms with E-state index in [-0.39, 0.29) is 5.91 Å². The molecule has 1 aliphatic rings. The highest BCUT2D eigenvalue weighted by atomic mass is 16.5. The predicted octanol–water partition coefficient (Wildman–Crippen LogP) is 2.18. The first-order valence-corrected chi connectivity index (χ1v) is 7.91. The summed E-state index contributed by atoms with van der Waals surface area (Å²) in [5.41, 5.74) is 1.15. The van der Waals surface area contributed by atoms with Crippen LogP contribution in [0.25, 0.3) is 0 Å². The van der Waals surface area contributed by atoms with E-state index in [0.717, 1.165) is 50.5 Å². The molecule has 4 heteroatoms. The molecule has 116 valence electrons. The Bertz CT molecular complexity index is 468. The van der Waals surface area contributed by atoms with Crippen LogP contribution >= 0.6 is 0 Å². The van der Waals surface area contributed by atoms with Crippen molar-refractivity contribution in [3.8, 4) is 5.75 Å². The second kappa shape index (κ2) is 7.46. The molecule has 2 rings (SSSR count). The van der Waals surface area contributed by atoms with Crippen LogP contribution in [0.2, 0.25) is 0 Å². The summed E-state index contributed by atoms with van der Waals surface area (Å²) in [4.78, 5) is 16.8. The number of para-hydroxylation sites is 1. The molecule has 1 aromatic carbocycles. The van der Waals surface area contributed by atoms with Crippen molar-refractivity contribution in [2.45, 2.75) is 33.3 Å². The summed E-state index contributed by atoms with van der Waals surface area (Å²) in [6.45, 7) is 10.7. The van der Waals surface area contributed by atoms with E-state index < -0.39 is 6.10 Å². The van der Waals surface area contributed by atoms with Crippen LogP contribution in [0.15, 0.2) is 24.3 Å². The molecule has 0 spiro atoms. The van der Waals surface area contributed by atoms with Crippen molar-refractivity contribution in [1.29, 1.82) is 0 Å². The molecular weight excluding hydrogens is 264 g/mol. The molecule has 1 aromatic rings. The molecule has 21 heavy (non-hydrogen) atoms. The summed E-state index contributed by atoms with van der Waals surface area (Å²) in [5.74, 6) is 0.921. The first-order valence-electron chi connectivity index (χ1n) is 7.91. The Kier molecular flexibility index (Phi) is 5.62. The first kappa shape index (κ1) is 15.8. The zero-order valence-electron chi connectivity index (χ0n) is 13.3. The van der Waals surface area contributed by atoms with E-state index >= 15 is 0 Å². The van der Waals surface area contributed by atoms with E-state index in [4.69, 9.17) is 4.74 Å². The minimum Gasteiger partial charge on any atom is -0.481 e. The third kappa shape index (κ3) is 3.97. The molecule has 0 aliphatic carbocycles. The fourth-order valence-corrected chi connectivity index (χ4v) is 2.69. The van der Waals surface area contributed by atoms with Crippen molar-refractivity contribution in [2.24, 2.45) is 0 Å². The van der Waals surface area contributed by atoms with Gasteiger partial charge in [0.15, 0.2) is 6.10 Å². The van der Waals surface area contributed by atoms with E-state index in [1.165, 1.54) is 0 Å². The van der Waals surface area contributed by atoms with Gasteiger partial charge in [-0.15, -0.1) is 0 Å². The third-order valence-corrected chi connectivity index (χ3v) is 4.14. The van der Waals surface area contributed by atoms with Crippen molar-refractivity contribution in [3.63, 3.8) is 0 Å². The fraction of sp³-hybridized carbons (Fsp3) is 0.588. The summed E-state index contributed by atoms with van der Waals surface area (Å²) in [7, 11) is 0. The molecule has 0 N–H and O–H groups in total. The fourth-order valence-electron chi connectivity index (χ4n) is 2.69. The molecule has 1 saturated heterocycles. The molecule has 0 aromatic heterocycles. The molecule has 1 amide bonds. The van der Waals surface area contributed by atoms with Crippen LogP contribution in [0.5, 0.6) is 5.75 Å². The Morgan fingerprint density at radius 2 is 1.86 bits per heavy atom. The maximum Gasteiger partial charge on any atom is 0.263 e. The highest BCUT2D eigenvalue weighted by Gasteiger charge is 2.25. The van der Waals surface area contributed by atoms with E-state index in [0.29, 0.717) is 0 Å². The van der Waals surface area contributed by atoms with Gasteiger partial charge in [0.1, 0.15) is 5.75 Å². The summed E-state index contributed by atoms with van der Waals surface area (Å²) >= 11 is 0. The van der Waals surface area contributed by atoms with Gasteiger partial charge in [0.2, 0.25) is 0 Å². The second-order valence-electron chi connectivity index (χ2n) is 5.48. The van der Waals surface area contributed by atoms with Gasteiger partial charge in [-0.3, -0.25) is 4.79 Å². The number of benzene rings is 1. The Balaban J connectivity index is 1.94. The number of carbonyl (C=O) groups excluding carboxylic acids is 1. The highest BCUT2D eigenvalue weighted by molar-refractivity contribution is 5.81. The molecule has 1 atom stereocenters. The number of ether oxygens (including phenoxy) is 1. The first-order chi connectivity index (χ1) is 10.2. The molecule has 1 aliphatic heterocycles. The Labute approximate surface area is 127 Å². The van der Waals surface area contributed by atoms with Crippen LogP contribution in [0.1, 0.15) is 26.3 Å². The monoisotopic (exact) mass is 290 g/mol. The van der Waals surface area contributed by atoms with Crippen molar-refractivity contribution >= 4 is 5.91 Å². The Morgan fingerprint density at radius 3 is 2.48 bits per heavy atom. The lowest BCUT2D eigenvalue weighted by molar-refractivity contribution is -0.139. The molecule has 1 fully saturated rings. The maximum atomic E-state index is 12.5. The van der Waals surface area contributed by atoms with Crippen LogP contribution in [0.4, 0.5) is 0 Å². The average molecular weight is 290 g/mol. The number of nitrogens with zero attached hydrogens (tertiary/aromatic N) is 2. The van der Waals surface area contributed by atoms with Crippen LogP contribution in [0, 0.1) is 0 Å². The Hall–Kier alpha value is -1.55. The zero-order chi connectivity index (χ0) is 15.2. The van der Waals surface area contributed by atoms with Gasteiger partial charge in [-0.1, -0.05) is 32.0 Å². The lowest BCUT2D eigenvalue weighted by atomic mass is 10.1. The SMILES string of the molecule is CCc1ccccc1O[C@H](C)C(=O)N1CCN(CC)CC1. The molecule has 4 nitrogen and oxygen atoms in total. The van der Waals surface area contributed by atoms with Crippen LogP contribution in [-0.4, -0.2) is 54.5 Å². The standard InChI is InChI=1S/C17H26N2O2/c1-4-15-8-6-7-9-16(15)21-14(3)17(20)19-12-10-18(5-2)11-13-19/h6-9,14H,4-5,10-13H2,1-3H3/t14-/m1/s1. The predicted molar refractivity (Wildman–Crippen MR) is 84.6 cm³/mol. The topological polar surface area (TPSA) is 32.8 Å². The molecule has 0 radical (unpaired) electrons. The summed E-state index contributed by atoms with van der Waals surface area (Å²) in [5, 5.41) is 0. The number of likely N-dealkylation sites (N-methyl/N-ethyl adjacent to an activating group) is 1. The largest absolute Gasteiger partial charge is 0.481 e. The second-order valence-corrected chi connectivity index (χ2v) is 5.48. The van der Waals surface area contributed by atoms with Gasteiger partial charge in [-0.2, -0.15) is 0 Å². The minimum atomic E-state index is -0.425. The third-order valence-electron chi connectivity index (χ3n) is 4.14. The lowest BCUT2D eigenvalue weighted by Gasteiger charge is -2.35. The van der Waals surface area contributed by atoms with Crippen LogP contribution in [0.3, 0.4) is 0 Å². The molecule has 0 bridgehead atoms. The van der Waals surface area contributed by atoms with Gasteiger partial charge in [0.05, 0.1) is 0 Å². The molecule has 0 saturated carbocycles. The number of rotatable bonds is 5. The van der Waals surface area contributed by atoms with Crippen LogP contribution in [-0.2, 0) is 11.2 Å². The zero-order valence-corrected chi connectivity index (χ0v) is 13.3. The van der Waals surface area contributed by atoms with Gasteiger partial charge >= 0.3 is 0 Å². The average Bonchev–Trinajstić information content (AvgIpc) is 2.54. The number of hydrogen-bond acceptors (Lipinski definition) is 3. The maximum absolute atomic E-state index is 12.5. The number of hydrogen-bond donors (Lipinski definition) is 0. The quantitative estimate of drug-likeness (QED) is 0.833. The molecule has 1 heterocycles. The van der Waals surface area contributed by atoms with E-state index in [1.807, 2.05) is 36.1 Å². The summed E-state index contributed by atoms with van der Waals surface area (Å²) in [6.07, 6.45) is 0.484. The molecule has 0 unspecified atom stereocenters. The minimum absolute atomic E-state index is 0.0941. The van der Waals surface area contributed by atoms with Gasteiger partial charge in [0.25, 0.3) is 5.91 Å². The van der Waals surface area contributed by atoms with Gasteiger partial charge in [0, 0.05) is 26.2 Å². The van der Waals surface area contributed by atoms with E-state index in [1.54, 1.807) is 0 Å². The van der Waals surface area contributed by atoms with Gasteiger partial charge in [-0.25, -0.2) is 0 Å². The van der Waals surface area contributed by atoms with E-state index in [9.17, 15) is 4.79 Å². The summed E-state index contributed by atoms with van der Waals surface area (Å²) < 4.78 is 5.90. The smallest absolute Gasteiger partial charge is 0.263 e. The number of carbonyl (C=O) groups is 1. The van der Waals surface area contributed by atoms with Crippen molar-refractivity contribution in [1.82, 2.24) is 9.80 Å². The normalized spacial score (nSPS) is 17.6. The van der Waals surface area contributed by atoms with Gasteiger partial charge < -0.3 is 14.5 Å².